The molecule has 0 saturated carbocycles. The molecule has 1 aliphatic heterocycles. The summed E-state index contributed by atoms with van der Waals surface area (Å²) in [5, 5.41) is 3.20. The zero-order valence-corrected chi connectivity index (χ0v) is 16.5. The minimum absolute atomic E-state index is 0.0557. The highest BCUT2D eigenvalue weighted by Gasteiger charge is 2.33. The number of nitrogens with one attached hydrogen (secondary N) is 1. The lowest BCUT2D eigenvalue weighted by Crippen LogP contribution is -2.58. The van der Waals surface area contributed by atoms with Crippen molar-refractivity contribution >= 4 is 40.7 Å². The summed E-state index contributed by atoms with van der Waals surface area (Å²) in [5.41, 5.74) is 0.259. The number of carbonyl (C=O) groups is 1. The number of benzene rings is 1. The van der Waals surface area contributed by atoms with Gasteiger partial charge in [0.05, 0.1) is 16.8 Å². The van der Waals surface area contributed by atoms with Crippen LogP contribution in [-0.4, -0.2) is 46.6 Å². The summed E-state index contributed by atoms with van der Waals surface area (Å²) in [4.78, 5) is 24.8. The van der Waals surface area contributed by atoms with Gasteiger partial charge in [0.1, 0.15) is 11.6 Å². The molecule has 1 aromatic carbocycles. The normalized spacial score (nSPS) is 17.3. The van der Waals surface area contributed by atoms with Crippen LogP contribution in [0.3, 0.4) is 0 Å². The van der Waals surface area contributed by atoms with Crippen molar-refractivity contribution in [2.45, 2.75) is 19.9 Å². The molecule has 0 spiro atoms. The van der Waals surface area contributed by atoms with Crippen LogP contribution in [0, 0.1) is 11.7 Å². The smallest absolute Gasteiger partial charge is 0.322 e. The molecular weight excluding hydrogens is 392 g/mol. The maximum Gasteiger partial charge on any atom is 0.322 e. The van der Waals surface area contributed by atoms with E-state index >= 15 is 0 Å². The Kier molecular flexibility index (Phi) is 6.01. The van der Waals surface area contributed by atoms with Gasteiger partial charge in [-0.05, 0) is 41.8 Å². The minimum atomic E-state index is -0.458. The number of hydrogen-bond acceptors (Lipinski definition) is 4. The Morgan fingerprint density at radius 2 is 2.07 bits per heavy atom. The summed E-state index contributed by atoms with van der Waals surface area (Å²) in [7, 11) is 0. The zero-order chi connectivity index (χ0) is 19.6. The highest BCUT2D eigenvalue weighted by atomic mass is 35.5. The lowest BCUT2D eigenvalue weighted by atomic mass is 10.00. The molecule has 1 N–H and O–H groups in total. The van der Waals surface area contributed by atoms with Crippen LogP contribution in [0.2, 0.25) is 10.3 Å². The summed E-state index contributed by atoms with van der Waals surface area (Å²) < 4.78 is 13.5. The topological polar surface area (TPSA) is 61.4 Å². The Balaban J connectivity index is 1.75. The number of rotatable bonds is 3. The van der Waals surface area contributed by atoms with Crippen molar-refractivity contribution in [3.63, 3.8) is 0 Å². The molecule has 2 amide bonds. The van der Waals surface area contributed by atoms with E-state index < -0.39 is 5.82 Å². The molecule has 1 unspecified atom stereocenters. The Bertz CT molecular complexity index is 835. The van der Waals surface area contributed by atoms with Gasteiger partial charge >= 0.3 is 6.03 Å². The predicted molar refractivity (Wildman–Crippen MR) is 105 cm³/mol. The van der Waals surface area contributed by atoms with E-state index in [4.69, 9.17) is 23.2 Å². The quantitative estimate of drug-likeness (QED) is 0.764. The van der Waals surface area contributed by atoms with Crippen LogP contribution < -0.4 is 10.2 Å². The summed E-state index contributed by atoms with van der Waals surface area (Å²) in [6.07, 6.45) is 1.61. The van der Waals surface area contributed by atoms with Gasteiger partial charge in [-0.2, -0.15) is 0 Å². The molecular formula is C18H20Cl2FN5O. The molecule has 1 aliphatic rings. The molecule has 0 aliphatic carbocycles. The summed E-state index contributed by atoms with van der Waals surface area (Å²) in [6.45, 7) is 5.80. The van der Waals surface area contributed by atoms with Crippen LogP contribution in [-0.2, 0) is 0 Å². The van der Waals surface area contributed by atoms with Gasteiger partial charge in [0.2, 0.25) is 5.28 Å². The number of piperazine rings is 1. The second-order valence-electron chi connectivity index (χ2n) is 6.69. The predicted octanol–water partition coefficient (Wildman–Crippen LogP) is 4.30. The average Bonchev–Trinajstić information content (AvgIpc) is 2.64. The monoisotopic (exact) mass is 411 g/mol. The van der Waals surface area contributed by atoms with Crippen LogP contribution in [0.15, 0.2) is 30.5 Å². The van der Waals surface area contributed by atoms with Crippen molar-refractivity contribution in [3.8, 4) is 0 Å². The summed E-state index contributed by atoms with van der Waals surface area (Å²) in [6, 6.07) is 5.32. The third-order valence-corrected chi connectivity index (χ3v) is 5.07. The maximum atomic E-state index is 13.5. The average molecular weight is 412 g/mol. The lowest BCUT2D eigenvalue weighted by Gasteiger charge is -2.43. The molecule has 2 aromatic rings. The highest BCUT2D eigenvalue weighted by molar-refractivity contribution is 6.33. The second-order valence-corrected chi connectivity index (χ2v) is 7.43. The van der Waals surface area contributed by atoms with Gasteiger partial charge in [-0.1, -0.05) is 25.4 Å². The molecule has 2 heterocycles. The fourth-order valence-corrected chi connectivity index (χ4v) is 3.43. The second kappa shape index (κ2) is 8.27. The maximum absolute atomic E-state index is 13.5. The summed E-state index contributed by atoms with van der Waals surface area (Å²) >= 11 is 12.0. The lowest BCUT2D eigenvalue weighted by molar-refractivity contribution is 0.156. The van der Waals surface area contributed by atoms with Crippen LogP contribution in [0.25, 0.3) is 0 Å². The molecule has 1 aromatic heterocycles. The van der Waals surface area contributed by atoms with E-state index in [9.17, 15) is 9.18 Å². The Labute approximate surface area is 167 Å². The zero-order valence-electron chi connectivity index (χ0n) is 15.0. The first-order valence-corrected chi connectivity index (χ1v) is 9.37. The van der Waals surface area contributed by atoms with E-state index in [2.05, 4.69) is 34.0 Å². The molecule has 3 rings (SSSR count). The van der Waals surface area contributed by atoms with Crippen molar-refractivity contribution in [1.29, 1.82) is 0 Å². The number of urea groups is 1. The van der Waals surface area contributed by atoms with E-state index in [0.717, 1.165) is 5.82 Å². The van der Waals surface area contributed by atoms with E-state index in [-0.39, 0.29) is 29.0 Å². The largest absolute Gasteiger partial charge is 0.353 e. The standard InChI is InChI=1S/C18H20Cl2FN5O/c1-11(2)15-10-25(16-5-6-22-17(20)24-16)7-8-26(15)18(27)23-14-9-12(21)3-4-13(14)19/h3-6,9,11,15H,7-8,10H2,1-2H3,(H,23,27). The molecule has 27 heavy (non-hydrogen) atoms. The first-order valence-electron chi connectivity index (χ1n) is 8.61. The van der Waals surface area contributed by atoms with Gasteiger partial charge in [0.15, 0.2) is 0 Å². The number of nitrogens with zero attached hydrogens (tertiary/aromatic N) is 4. The SMILES string of the molecule is CC(C)C1CN(c2ccnc(Cl)n2)CCN1C(=O)Nc1cc(F)ccc1Cl. The van der Waals surface area contributed by atoms with Gasteiger partial charge in [-0.3, -0.25) is 0 Å². The molecule has 6 nitrogen and oxygen atoms in total. The summed E-state index contributed by atoms with van der Waals surface area (Å²) in [5.74, 6) is 0.480. The Morgan fingerprint density at radius 3 is 2.78 bits per heavy atom. The number of amides is 2. The molecule has 1 atom stereocenters. The number of carbonyl (C=O) groups excluding carboxylic acids is 1. The number of anilines is 2. The number of halogens is 3. The highest BCUT2D eigenvalue weighted by Crippen LogP contribution is 2.26. The van der Waals surface area contributed by atoms with Crippen molar-refractivity contribution in [1.82, 2.24) is 14.9 Å². The molecule has 144 valence electrons. The molecule has 1 fully saturated rings. The van der Waals surface area contributed by atoms with Crippen molar-refractivity contribution < 1.29 is 9.18 Å². The van der Waals surface area contributed by atoms with Crippen molar-refractivity contribution in [2.75, 3.05) is 29.9 Å². The van der Waals surface area contributed by atoms with Gasteiger partial charge in [0.25, 0.3) is 0 Å². The fourth-order valence-electron chi connectivity index (χ4n) is 3.12. The minimum Gasteiger partial charge on any atom is -0.353 e. The Hall–Kier alpha value is -2.12. The third kappa shape index (κ3) is 4.59. The van der Waals surface area contributed by atoms with E-state index in [1.807, 2.05) is 0 Å². The fraction of sp³-hybridized carbons (Fsp3) is 0.389. The van der Waals surface area contributed by atoms with E-state index in [1.165, 1.54) is 18.2 Å². The Morgan fingerprint density at radius 1 is 1.30 bits per heavy atom. The van der Waals surface area contributed by atoms with Crippen molar-refractivity contribution in [3.05, 3.63) is 46.6 Å². The van der Waals surface area contributed by atoms with Gasteiger partial charge in [-0.15, -0.1) is 0 Å². The molecule has 0 radical (unpaired) electrons. The number of hydrogen-bond donors (Lipinski definition) is 1. The van der Waals surface area contributed by atoms with E-state index in [0.29, 0.717) is 24.7 Å². The molecule has 9 heteroatoms. The van der Waals surface area contributed by atoms with Crippen LogP contribution in [0.4, 0.5) is 20.7 Å². The number of aromatic nitrogens is 2. The molecule has 1 saturated heterocycles. The van der Waals surface area contributed by atoms with Gasteiger partial charge < -0.3 is 15.1 Å². The first kappa shape index (κ1) is 19.6. The third-order valence-electron chi connectivity index (χ3n) is 4.55. The van der Waals surface area contributed by atoms with Crippen LogP contribution in [0.1, 0.15) is 13.8 Å². The van der Waals surface area contributed by atoms with Crippen molar-refractivity contribution in [2.24, 2.45) is 5.92 Å². The van der Waals surface area contributed by atoms with Gasteiger partial charge in [-0.25, -0.2) is 19.2 Å². The molecule has 0 bridgehead atoms. The van der Waals surface area contributed by atoms with E-state index in [1.54, 1.807) is 17.2 Å². The van der Waals surface area contributed by atoms with Crippen LogP contribution >= 0.6 is 23.2 Å². The first-order chi connectivity index (χ1) is 12.8. The van der Waals surface area contributed by atoms with Crippen LogP contribution in [0.5, 0.6) is 0 Å². The van der Waals surface area contributed by atoms with Gasteiger partial charge in [0, 0.05) is 25.8 Å².